The standard InChI is InChI=1S/C12H14FNO/c1-10-5-6-11(9-12(10)13)15-8-4-2-3-7-14/h5-6,9H,2-4,8H2,1H3. The Labute approximate surface area is 89.3 Å². The Balaban J connectivity index is 2.32. The normalized spacial score (nSPS) is 9.67. The van der Waals surface area contributed by atoms with E-state index in [0.717, 1.165) is 12.8 Å². The van der Waals surface area contributed by atoms with Crippen LogP contribution < -0.4 is 4.74 Å². The number of ether oxygens (including phenoxy) is 1. The number of hydrogen-bond acceptors (Lipinski definition) is 2. The number of benzene rings is 1. The predicted molar refractivity (Wildman–Crippen MR) is 56.1 cm³/mol. The van der Waals surface area contributed by atoms with Gasteiger partial charge in [0.2, 0.25) is 0 Å². The van der Waals surface area contributed by atoms with E-state index in [1.165, 1.54) is 6.07 Å². The van der Waals surface area contributed by atoms with E-state index >= 15 is 0 Å². The van der Waals surface area contributed by atoms with Crippen molar-refractivity contribution in [3.05, 3.63) is 29.6 Å². The highest BCUT2D eigenvalue weighted by molar-refractivity contribution is 5.27. The quantitative estimate of drug-likeness (QED) is 0.694. The van der Waals surface area contributed by atoms with Gasteiger partial charge in [-0.3, -0.25) is 0 Å². The van der Waals surface area contributed by atoms with Gasteiger partial charge in [-0.15, -0.1) is 0 Å². The maximum atomic E-state index is 13.1. The Bertz CT molecular complexity index is 357. The minimum Gasteiger partial charge on any atom is -0.493 e. The average molecular weight is 207 g/mol. The van der Waals surface area contributed by atoms with Gasteiger partial charge in [-0.25, -0.2) is 4.39 Å². The highest BCUT2D eigenvalue weighted by Crippen LogP contribution is 2.16. The summed E-state index contributed by atoms with van der Waals surface area (Å²) in [6.45, 7) is 2.25. The Morgan fingerprint density at radius 1 is 1.40 bits per heavy atom. The summed E-state index contributed by atoms with van der Waals surface area (Å²) in [5.74, 6) is 0.305. The Kier molecular flexibility index (Phi) is 4.62. The molecule has 0 aliphatic carbocycles. The van der Waals surface area contributed by atoms with Crippen molar-refractivity contribution >= 4 is 0 Å². The summed E-state index contributed by atoms with van der Waals surface area (Å²) < 4.78 is 18.4. The van der Waals surface area contributed by atoms with Crippen molar-refractivity contribution in [1.82, 2.24) is 0 Å². The number of hydrogen-bond donors (Lipinski definition) is 0. The molecular weight excluding hydrogens is 193 g/mol. The second-order valence-electron chi connectivity index (χ2n) is 3.37. The first kappa shape index (κ1) is 11.5. The van der Waals surface area contributed by atoms with E-state index < -0.39 is 0 Å². The van der Waals surface area contributed by atoms with Crippen LogP contribution in [0.5, 0.6) is 5.75 Å². The SMILES string of the molecule is Cc1ccc(OCCCCC#N)cc1F. The first-order valence-corrected chi connectivity index (χ1v) is 5.00. The molecule has 1 aromatic rings. The number of halogens is 1. The maximum Gasteiger partial charge on any atom is 0.129 e. The molecule has 0 saturated carbocycles. The van der Waals surface area contributed by atoms with Crippen molar-refractivity contribution in [2.45, 2.75) is 26.2 Å². The van der Waals surface area contributed by atoms with Crippen molar-refractivity contribution in [3.8, 4) is 11.8 Å². The molecule has 0 heterocycles. The Hall–Kier alpha value is -1.56. The molecule has 0 spiro atoms. The second kappa shape index (κ2) is 6.02. The fourth-order valence-corrected chi connectivity index (χ4v) is 1.16. The van der Waals surface area contributed by atoms with Crippen LogP contribution in [0.25, 0.3) is 0 Å². The largest absolute Gasteiger partial charge is 0.493 e. The van der Waals surface area contributed by atoms with Crippen LogP contribution in [-0.4, -0.2) is 6.61 Å². The summed E-state index contributed by atoms with van der Waals surface area (Å²) in [6, 6.07) is 6.90. The summed E-state index contributed by atoms with van der Waals surface area (Å²) in [5.41, 5.74) is 0.617. The van der Waals surface area contributed by atoms with Gasteiger partial charge < -0.3 is 4.74 Å². The predicted octanol–water partition coefficient (Wildman–Crippen LogP) is 3.21. The molecule has 0 aromatic heterocycles. The summed E-state index contributed by atoms with van der Waals surface area (Å²) in [4.78, 5) is 0. The third kappa shape index (κ3) is 3.99. The van der Waals surface area contributed by atoms with E-state index in [1.807, 2.05) is 0 Å². The minimum absolute atomic E-state index is 0.246. The molecule has 0 amide bonds. The van der Waals surface area contributed by atoms with Gasteiger partial charge in [0.05, 0.1) is 12.7 Å². The molecule has 80 valence electrons. The molecule has 0 fully saturated rings. The number of nitriles is 1. The molecule has 0 atom stereocenters. The molecule has 15 heavy (non-hydrogen) atoms. The molecule has 1 aromatic carbocycles. The van der Waals surface area contributed by atoms with Crippen molar-refractivity contribution in [3.63, 3.8) is 0 Å². The molecule has 0 unspecified atom stereocenters. The van der Waals surface area contributed by atoms with Gasteiger partial charge in [0.1, 0.15) is 11.6 Å². The van der Waals surface area contributed by atoms with Gasteiger partial charge in [-0.2, -0.15) is 5.26 Å². The molecule has 0 aliphatic rings. The van der Waals surface area contributed by atoms with Crippen molar-refractivity contribution in [1.29, 1.82) is 5.26 Å². The van der Waals surface area contributed by atoms with E-state index in [1.54, 1.807) is 19.1 Å². The van der Waals surface area contributed by atoms with Gasteiger partial charge in [0, 0.05) is 12.5 Å². The molecule has 0 bridgehead atoms. The second-order valence-corrected chi connectivity index (χ2v) is 3.37. The minimum atomic E-state index is -0.246. The van der Waals surface area contributed by atoms with E-state index in [2.05, 4.69) is 6.07 Å². The fourth-order valence-electron chi connectivity index (χ4n) is 1.16. The molecule has 0 radical (unpaired) electrons. The van der Waals surface area contributed by atoms with E-state index in [0.29, 0.717) is 24.3 Å². The van der Waals surface area contributed by atoms with Crippen LogP contribution in [0.15, 0.2) is 18.2 Å². The zero-order valence-electron chi connectivity index (χ0n) is 8.79. The third-order valence-electron chi connectivity index (χ3n) is 2.09. The smallest absolute Gasteiger partial charge is 0.129 e. The average Bonchev–Trinajstić information content (AvgIpc) is 2.23. The molecule has 3 heteroatoms. The molecule has 1 rings (SSSR count). The number of unbranched alkanes of at least 4 members (excludes halogenated alkanes) is 2. The summed E-state index contributed by atoms with van der Waals surface area (Å²) in [5, 5.41) is 8.31. The van der Waals surface area contributed by atoms with Crippen LogP contribution in [0.1, 0.15) is 24.8 Å². The van der Waals surface area contributed by atoms with Gasteiger partial charge in [-0.05, 0) is 31.4 Å². The van der Waals surface area contributed by atoms with Crippen LogP contribution in [0.4, 0.5) is 4.39 Å². The summed E-state index contributed by atoms with van der Waals surface area (Å²) >= 11 is 0. The lowest BCUT2D eigenvalue weighted by Crippen LogP contribution is -1.97. The van der Waals surface area contributed by atoms with Crippen LogP contribution in [0.3, 0.4) is 0 Å². The van der Waals surface area contributed by atoms with Gasteiger partial charge in [0.15, 0.2) is 0 Å². The van der Waals surface area contributed by atoms with E-state index in [-0.39, 0.29) is 5.82 Å². The van der Waals surface area contributed by atoms with Gasteiger partial charge >= 0.3 is 0 Å². The van der Waals surface area contributed by atoms with Crippen LogP contribution in [0, 0.1) is 24.1 Å². The van der Waals surface area contributed by atoms with Crippen LogP contribution in [-0.2, 0) is 0 Å². The van der Waals surface area contributed by atoms with E-state index in [4.69, 9.17) is 10.00 Å². The number of nitrogens with zero attached hydrogens (tertiary/aromatic N) is 1. The highest BCUT2D eigenvalue weighted by atomic mass is 19.1. The van der Waals surface area contributed by atoms with Crippen molar-refractivity contribution < 1.29 is 9.13 Å². The van der Waals surface area contributed by atoms with Crippen molar-refractivity contribution in [2.24, 2.45) is 0 Å². The topological polar surface area (TPSA) is 33.0 Å². The fraction of sp³-hybridized carbons (Fsp3) is 0.417. The monoisotopic (exact) mass is 207 g/mol. The van der Waals surface area contributed by atoms with Crippen LogP contribution >= 0.6 is 0 Å². The number of rotatable bonds is 5. The third-order valence-corrected chi connectivity index (χ3v) is 2.09. The molecule has 0 aliphatic heterocycles. The molecule has 0 saturated heterocycles. The zero-order chi connectivity index (χ0) is 11.1. The lowest BCUT2D eigenvalue weighted by molar-refractivity contribution is 0.306. The molecule has 0 N–H and O–H groups in total. The maximum absolute atomic E-state index is 13.1. The molecular formula is C12H14FNO. The van der Waals surface area contributed by atoms with Gasteiger partial charge in [0.25, 0.3) is 0 Å². The number of aryl methyl sites for hydroxylation is 1. The summed E-state index contributed by atoms with van der Waals surface area (Å²) in [6.07, 6.45) is 2.19. The summed E-state index contributed by atoms with van der Waals surface area (Å²) in [7, 11) is 0. The van der Waals surface area contributed by atoms with Crippen LogP contribution in [0.2, 0.25) is 0 Å². The van der Waals surface area contributed by atoms with E-state index in [9.17, 15) is 4.39 Å². The molecule has 2 nitrogen and oxygen atoms in total. The zero-order valence-corrected chi connectivity index (χ0v) is 8.79. The first-order valence-electron chi connectivity index (χ1n) is 5.00. The lowest BCUT2D eigenvalue weighted by Gasteiger charge is -2.06. The van der Waals surface area contributed by atoms with Crippen molar-refractivity contribution in [2.75, 3.05) is 6.61 Å². The first-order chi connectivity index (χ1) is 7.24. The highest BCUT2D eigenvalue weighted by Gasteiger charge is 1.99. The van der Waals surface area contributed by atoms with Gasteiger partial charge in [-0.1, -0.05) is 6.07 Å². The lowest BCUT2D eigenvalue weighted by atomic mass is 10.2. The Morgan fingerprint density at radius 3 is 2.87 bits per heavy atom. The Morgan fingerprint density at radius 2 is 2.20 bits per heavy atom.